The molecule has 0 spiro atoms. The second-order valence-electron chi connectivity index (χ2n) is 7.55. The van der Waals surface area contributed by atoms with Gasteiger partial charge in [0.05, 0.1) is 39.0 Å². The summed E-state index contributed by atoms with van der Waals surface area (Å²) in [7, 11) is 7.26. The molecule has 212 valence electrons. The Labute approximate surface area is 232 Å². The van der Waals surface area contributed by atoms with Gasteiger partial charge in [-0.2, -0.15) is 0 Å². The van der Waals surface area contributed by atoms with Gasteiger partial charge in [-0.3, -0.25) is 10.1 Å². The van der Waals surface area contributed by atoms with E-state index in [-0.39, 0.29) is 11.4 Å². The monoisotopic (exact) mass is 552 g/mol. The van der Waals surface area contributed by atoms with E-state index >= 15 is 0 Å². The van der Waals surface area contributed by atoms with Crippen LogP contribution in [0.3, 0.4) is 0 Å². The molecule has 0 aliphatic heterocycles. The number of anilines is 1. The summed E-state index contributed by atoms with van der Waals surface area (Å²) in [6.07, 6.45) is 0. The molecule has 40 heavy (non-hydrogen) atoms. The first-order valence-corrected chi connectivity index (χ1v) is 11.7. The Kier molecular flexibility index (Phi) is 12.4. The minimum atomic E-state index is -0.502. The average Bonchev–Trinajstić information content (AvgIpc) is 3.00. The van der Waals surface area contributed by atoms with Crippen LogP contribution in [0.4, 0.5) is 11.4 Å². The van der Waals surface area contributed by atoms with Crippen LogP contribution < -0.4 is 34.2 Å². The zero-order chi connectivity index (χ0) is 29.5. The maximum Gasteiger partial charge on any atom is 0.311 e. The number of nitrogens with zero attached hydrogens (tertiary/aromatic N) is 1. The average molecular weight is 553 g/mol. The highest BCUT2D eigenvalue weighted by atomic mass is 16.6. The number of nitro groups is 1. The molecule has 4 aromatic rings. The number of methoxy groups -OCH3 is 4. The Morgan fingerprint density at radius 3 is 1.35 bits per heavy atom. The molecular formula is C29H32N2O9. The zero-order valence-electron chi connectivity index (χ0n) is 22.8. The number of hydrogen-bond donors (Lipinski definition) is 2. The summed E-state index contributed by atoms with van der Waals surface area (Å²) in [6.45, 7) is 0. The van der Waals surface area contributed by atoms with Crippen LogP contribution in [0.25, 0.3) is 0 Å². The van der Waals surface area contributed by atoms with Gasteiger partial charge in [-0.25, -0.2) is 0 Å². The molecule has 11 nitrogen and oxygen atoms in total. The number of ether oxygens (including phenoxy) is 6. The minimum Gasteiger partial charge on any atom is -0.497 e. The van der Waals surface area contributed by atoms with Crippen molar-refractivity contribution in [2.75, 3.05) is 41.3 Å². The fraction of sp³-hybridized carbons (Fsp3) is 0.172. The lowest BCUT2D eigenvalue weighted by Gasteiger charge is -2.10. The van der Waals surface area contributed by atoms with Gasteiger partial charge < -0.3 is 39.3 Å². The van der Waals surface area contributed by atoms with E-state index in [4.69, 9.17) is 39.3 Å². The topological polar surface area (TPSA) is 145 Å². The summed E-state index contributed by atoms with van der Waals surface area (Å²) >= 11 is 0. The van der Waals surface area contributed by atoms with Gasteiger partial charge >= 0.3 is 5.69 Å². The number of nitro benzene ring substituents is 1. The summed E-state index contributed by atoms with van der Waals surface area (Å²) in [4.78, 5) is 10.5. The molecule has 0 aliphatic carbocycles. The van der Waals surface area contributed by atoms with E-state index in [2.05, 4.69) is 0 Å². The number of rotatable bonds is 9. The standard InChI is InChI=1S/C14H13NO5.C14H15NO3.CH4O/c1-18-10-3-5-11(6-4-10)20-14-9-12(19-2)7-8-13(14)15(16)17;1-16-10-3-5-11(6-4-10)18-14-9-12(17-2)7-8-13(14)15;1-2/h3-9H,1-2H3;3-9H,15H2,1-2H3;2H,1H3. The van der Waals surface area contributed by atoms with Crippen molar-refractivity contribution in [3.63, 3.8) is 0 Å². The van der Waals surface area contributed by atoms with Gasteiger partial charge in [0, 0.05) is 25.3 Å². The van der Waals surface area contributed by atoms with Gasteiger partial charge in [-0.1, -0.05) is 0 Å². The van der Waals surface area contributed by atoms with E-state index < -0.39 is 4.92 Å². The lowest BCUT2D eigenvalue weighted by atomic mass is 10.2. The SMILES string of the molecule is CO.COc1ccc(Oc2cc(OC)ccc2N)cc1.COc1ccc(Oc2cc(OC)ccc2[N+](=O)[O-])cc1. The van der Waals surface area contributed by atoms with Gasteiger partial charge in [0.25, 0.3) is 0 Å². The van der Waals surface area contributed by atoms with Crippen LogP contribution in [0.1, 0.15) is 0 Å². The van der Waals surface area contributed by atoms with Crippen LogP contribution in [0, 0.1) is 10.1 Å². The summed E-state index contributed by atoms with van der Waals surface area (Å²) in [5.41, 5.74) is 6.28. The molecule has 0 heterocycles. The highest BCUT2D eigenvalue weighted by Gasteiger charge is 2.17. The Morgan fingerprint density at radius 2 is 0.925 bits per heavy atom. The second kappa shape index (κ2) is 15.9. The number of aliphatic hydroxyl groups excluding tert-OH is 1. The van der Waals surface area contributed by atoms with Crippen molar-refractivity contribution in [1.29, 1.82) is 0 Å². The van der Waals surface area contributed by atoms with Gasteiger partial charge in [-0.05, 0) is 66.7 Å². The van der Waals surface area contributed by atoms with Gasteiger partial charge in [0.15, 0.2) is 5.75 Å². The normalized spacial score (nSPS) is 9.55. The molecule has 11 heteroatoms. The van der Waals surface area contributed by atoms with Crippen molar-refractivity contribution >= 4 is 11.4 Å². The maximum atomic E-state index is 11.0. The number of hydrogen-bond acceptors (Lipinski definition) is 10. The van der Waals surface area contributed by atoms with Crippen molar-refractivity contribution in [2.24, 2.45) is 0 Å². The Hall–Kier alpha value is -5.16. The molecule has 0 unspecified atom stereocenters. The number of benzene rings is 4. The largest absolute Gasteiger partial charge is 0.497 e. The fourth-order valence-corrected chi connectivity index (χ4v) is 3.13. The first-order chi connectivity index (χ1) is 19.4. The molecule has 0 saturated heterocycles. The molecule has 4 aromatic carbocycles. The van der Waals surface area contributed by atoms with Crippen molar-refractivity contribution in [3.05, 3.63) is 95.0 Å². The predicted octanol–water partition coefficient (Wildman–Crippen LogP) is 6.09. The predicted molar refractivity (Wildman–Crippen MR) is 151 cm³/mol. The van der Waals surface area contributed by atoms with Crippen LogP contribution >= 0.6 is 0 Å². The van der Waals surface area contributed by atoms with Crippen LogP contribution in [0.15, 0.2) is 84.9 Å². The summed E-state index contributed by atoms with van der Waals surface area (Å²) in [5, 5.41) is 18.0. The van der Waals surface area contributed by atoms with Crippen LogP contribution in [0.2, 0.25) is 0 Å². The smallest absolute Gasteiger partial charge is 0.311 e. The summed E-state index contributed by atoms with van der Waals surface area (Å²) in [6, 6.07) is 23.7. The van der Waals surface area contributed by atoms with E-state index in [1.165, 1.54) is 25.3 Å². The maximum absolute atomic E-state index is 11.0. The molecule has 0 atom stereocenters. The molecule has 4 rings (SSSR count). The highest BCUT2D eigenvalue weighted by molar-refractivity contribution is 5.57. The third-order valence-corrected chi connectivity index (χ3v) is 5.16. The Morgan fingerprint density at radius 1 is 0.575 bits per heavy atom. The van der Waals surface area contributed by atoms with Crippen molar-refractivity contribution < 1.29 is 38.5 Å². The van der Waals surface area contributed by atoms with Crippen molar-refractivity contribution in [3.8, 4) is 46.0 Å². The van der Waals surface area contributed by atoms with E-state index in [0.29, 0.717) is 40.2 Å². The van der Waals surface area contributed by atoms with Gasteiger partial charge in [-0.15, -0.1) is 0 Å². The summed E-state index contributed by atoms with van der Waals surface area (Å²) < 4.78 is 31.5. The summed E-state index contributed by atoms with van der Waals surface area (Å²) in [5.74, 6) is 4.50. The van der Waals surface area contributed by atoms with Crippen molar-refractivity contribution in [2.45, 2.75) is 0 Å². The third-order valence-electron chi connectivity index (χ3n) is 5.16. The van der Waals surface area contributed by atoms with E-state index in [1.807, 2.05) is 24.3 Å². The van der Waals surface area contributed by atoms with Crippen LogP contribution in [0.5, 0.6) is 46.0 Å². The second-order valence-corrected chi connectivity index (χ2v) is 7.55. The Bertz CT molecular complexity index is 1340. The molecule has 0 bridgehead atoms. The number of aliphatic hydroxyl groups is 1. The molecule has 0 amide bonds. The molecule has 0 saturated carbocycles. The van der Waals surface area contributed by atoms with E-state index in [9.17, 15) is 10.1 Å². The Balaban J connectivity index is 0.000000265. The molecule has 0 radical (unpaired) electrons. The van der Waals surface area contributed by atoms with E-state index in [0.717, 1.165) is 12.9 Å². The highest BCUT2D eigenvalue weighted by Crippen LogP contribution is 2.35. The minimum absolute atomic E-state index is 0.124. The first kappa shape index (κ1) is 31.1. The zero-order valence-corrected chi connectivity index (χ0v) is 22.8. The van der Waals surface area contributed by atoms with E-state index in [1.54, 1.807) is 63.8 Å². The van der Waals surface area contributed by atoms with Gasteiger partial charge in [0.2, 0.25) is 5.75 Å². The van der Waals surface area contributed by atoms with Crippen LogP contribution in [-0.4, -0.2) is 45.6 Å². The van der Waals surface area contributed by atoms with Crippen molar-refractivity contribution in [1.82, 2.24) is 0 Å². The molecule has 3 N–H and O–H groups in total. The third kappa shape index (κ3) is 8.99. The quantitative estimate of drug-likeness (QED) is 0.142. The fourth-order valence-electron chi connectivity index (χ4n) is 3.13. The molecule has 0 fully saturated rings. The number of nitrogen functional groups attached to an aromatic ring is 1. The lowest BCUT2D eigenvalue weighted by molar-refractivity contribution is -0.385. The lowest BCUT2D eigenvalue weighted by Crippen LogP contribution is -1.94. The molecular weight excluding hydrogens is 520 g/mol. The molecule has 0 aliphatic rings. The van der Waals surface area contributed by atoms with Crippen LogP contribution in [-0.2, 0) is 0 Å². The molecule has 0 aromatic heterocycles. The van der Waals surface area contributed by atoms with Gasteiger partial charge in [0.1, 0.15) is 34.5 Å². The first-order valence-electron chi connectivity index (χ1n) is 11.7. The number of nitrogens with two attached hydrogens (primary N) is 1.